The van der Waals surface area contributed by atoms with Crippen LogP contribution < -0.4 is 11.0 Å². The fourth-order valence-electron chi connectivity index (χ4n) is 2.65. The van der Waals surface area contributed by atoms with Crippen LogP contribution in [0.3, 0.4) is 0 Å². The van der Waals surface area contributed by atoms with E-state index in [1.807, 2.05) is 0 Å². The van der Waals surface area contributed by atoms with Gasteiger partial charge in [0.25, 0.3) is 0 Å². The van der Waals surface area contributed by atoms with Crippen molar-refractivity contribution in [2.75, 3.05) is 6.61 Å². The summed E-state index contributed by atoms with van der Waals surface area (Å²) in [5, 5.41) is 41.3. The maximum atomic E-state index is 9.90. The number of rotatable bonds is 5. The number of hydrazine groups is 3. The molecule has 3 rings (SSSR count). The van der Waals surface area contributed by atoms with Gasteiger partial charge in [0, 0.05) is 6.61 Å². The van der Waals surface area contributed by atoms with Crippen LogP contribution in [0, 0.1) is 0 Å². The molecule has 3 heterocycles. The molecule has 9 heteroatoms. The monoisotopic (exact) mass is 271 g/mol. The molecule has 2 fully saturated rings. The average Bonchev–Trinajstić information content (AvgIpc) is 2.86. The number of aliphatic hydroxyl groups excluding tert-OH is 4. The van der Waals surface area contributed by atoms with Gasteiger partial charge in [0.1, 0.15) is 18.1 Å². The van der Waals surface area contributed by atoms with E-state index in [2.05, 4.69) is 16.0 Å². The predicted octanol–water partition coefficient (Wildman–Crippen LogP) is -2.46. The largest absolute Gasteiger partial charge is 0.492 e. The van der Waals surface area contributed by atoms with E-state index in [0.717, 1.165) is 0 Å². The minimum Gasteiger partial charge on any atom is -0.492 e. The molecule has 0 aromatic rings. The molecule has 0 aromatic carbocycles. The molecule has 3 aliphatic heterocycles. The Morgan fingerprint density at radius 1 is 1.37 bits per heavy atom. The summed E-state index contributed by atoms with van der Waals surface area (Å²) in [7, 11) is 0. The Morgan fingerprint density at radius 3 is 2.89 bits per heavy atom. The highest BCUT2D eigenvalue weighted by molar-refractivity contribution is 5.61. The van der Waals surface area contributed by atoms with E-state index in [4.69, 9.17) is 5.11 Å². The summed E-state index contributed by atoms with van der Waals surface area (Å²) in [4.78, 5) is 3.82. The van der Waals surface area contributed by atoms with Gasteiger partial charge in [-0.3, -0.25) is 5.01 Å². The molecular weight excluding hydrogens is 254 g/mol. The zero-order valence-corrected chi connectivity index (χ0v) is 10.1. The van der Waals surface area contributed by atoms with Gasteiger partial charge in [0.05, 0.1) is 18.2 Å². The van der Waals surface area contributed by atoms with Crippen molar-refractivity contribution in [3.05, 3.63) is 11.6 Å². The van der Waals surface area contributed by atoms with Gasteiger partial charge in [-0.25, -0.2) is 15.5 Å². The molecule has 0 spiro atoms. The lowest BCUT2D eigenvalue weighted by atomic mass is 9.97. The second-order valence-corrected chi connectivity index (χ2v) is 4.86. The smallest absolute Gasteiger partial charge is 0.237 e. The van der Waals surface area contributed by atoms with Crippen molar-refractivity contribution in [1.82, 2.24) is 21.1 Å². The van der Waals surface area contributed by atoms with Gasteiger partial charge in [-0.05, 0) is 12.8 Å². The summed E-state index contributed by atoms with van der Waals surface area (Å²) in [5.41, 5.74) is 6.62. The zero-order chi connectivity index (χ0) is 13.6. The van der Waals surface area contributed by atoms with Gasteiger partial charge >= 0.3 is 0 Å². The van der Waals surface area contributed by atoms with E-state index in [1.165, 1.54) is 6.34 Å². The first kappa shape index (κ1) is 12.6. The first-order chi connectivity index (χ1) is 9.11. The Bertz CT molecular complexity index is 428. The molecule has 0 amide bonds. The predicted molar refractivity (Wildman–Crippen MR) is 64.0 cm³/mol. The lowest BCUT2D eigenvalue weighted by molar-refractivity contribution is -0.0203. The SMILES string of the molecule is OCC[C@@H](O)[C@@H](O)CC1NN2NN3C=NC(O)=C2C13. The molecule has 19 heavy (non-hydrogen) atoms. The molecule has 3 aliphatic rings. The molecule has 9 nitrogen and oxygen atoms in total. The molecule has 0 saturated carbocycles. The van der Waals surface area contributed by atoms with Crippen LogP contribution in [-0.4, -0.2) is 67.8 Å². The van der Waals surface area contributed by atoms with Crippen molar-refractivity contribution in [3.8, 4) is 0 Å². The molecule has 4 bridgehead atoms. The maximum Gasteiger partial charge on any atom is 0.237 e. The van der Waals surface area contributed by atoms with Crippen LogP contribution in [-0.2, 0) is 0 Å². The van der Waals surface area contributed by atoms with Gasteiger partial charge in [-0.1, -0.05) is 0 Å². The number of nitrogens with one attached hydrogen (secondary N) is 2. The van der Waals surface area contributed by atoms with Crippen LogP contribution in [0.5, 0.6) is 0 Å². The third-order valence-corrected chi connectivity index (χ3v) is 3.61. The van der Waals surface area contributed by atoms with Gasteiger partial charge in [-0.2, -0.15) is 0 Å². The molecule has 4 atom stereocenters. The zero-order valence-electron chi connectivity index (χ0n) is 10.1. The Kier molecular flexibility index (Phi) is 3.07. The molecule has 106 valence electrons. The second kappa shape index (κ2) is 4.62. The van der Waals surface area contributed by atoms with E-state index in [1.54, 1.807) is 10.1 Å². The van der Waals surface area contributed by atoms with Crippen LogP contribution in [0.2, 0.25) is 0 Å². The average molecular weight is 271 g/mol. The van der Waals surface area contributed by atoms with Crippen LogP contribution in [0.25, 0.3) is 0 Å². The number of aliphatic imine (C=N–C) groups is 1. The Hall–Kier alpha value is -1.39. The van der Waals surface area contributed by atoms with Crippen molar-refractivity contribution in [2.24, 2.45) is 4.99 Å². The van der Waals surface area contributed by atoms with Gasteiger partial charge in [0.2, 0.25) is 5.88 Å². The maximum absolute atomic E-state index is 9.90. The summed E-state index contributed by atoms with van der Waals surface area (Å²) >= 11 is 0. The summed E-state index contributed by atoms with van der Waals surface area (Å²) < 4.78 is 0. The summed E-state index contributed by atoms with van der Waals surface area (Å²) in [6.45, 7) is -0.168. The molecule has 0 radical (unpaired) electrons. The lowest BCUT2D eigenvalue weighted by Gasteiger charge is -2.33. The highest BCUT2D eigenvalue weighted by atomic mass is 16.3. The van der Waals surface area contributed by atoms with Crippen molar-refractivity contribution in [3.63, 3.8) is 0 Å². The first-order valence-electron chi connectivity index (χ1n) is 6.17. The number of hydrogen-bond acceptors (Lipinski definition) is 9. The van der Waals surface area contributed by atoms with Crippen LogP contribution in [0.4, 0.5) is 0 Å². The standard InChI is InChI=1S/C10H17N5O4/c16-2-1-6(17)7(18)3-5-8-9-10(19)11-4-14(8)13-15(9)12-5/h4-8,12-13,16-19H,1-3H2/t5?,6-,7+,8?/m1/s1. The number of aliphatic hydroxyl groups is 4. The Balaban J connectivity index is 1.68. The van der Waals surface area contributed by atoms with Crippen LogP contribution in [0.1, 0.15) is 12.8 Å². The van der Waals surface area contributed by atoms with E-state index in [0.29, 0.717) is 12.1 Å². The summed E-state index contributed by atoms with van der Waals surface area (Å²) in [6.07, 6.45) is 0.0188. The van der Waals surface area contributed by atoms with Crippen molar-refractivity contribution in [2.45, 2.75) is 37.1 Å². The highest BCUT2D eigenvalue weighted by Crippen LogP contribution is 2.34. The summed E-state index contributed by atoms with van der Waals surface area (Å²) in [6, 6.07) is -0.332. The van der Waals surface area contributed by atoms with E-state index in [-0.39, 0.29) is 31.0 Å². The van der Waals surface area contributed by atoms with Crippen molar-refractivity contribution < 1.29 is 20.4 Å². The fraction of sp³-hybridized carbons (Fsp3) is 0.700. The van der Waals surface area contributed by atoms with E-state index in [9.17, 15) is 15.3 Å². The third kappa shape index (κ3) is 1.95. The minimum absolute atomic E-state index is 0.0633. The van der Waals surface area contributed by atoms with Crippen LogP contribution >= 0.6 is 0 Å². The topological polar surface area (TPSA) is 124 Å². The first-order valence-corrected chi connectivity index (χ1v) is 6.17. The van der Waals surface area contributed by atoms with Gasteiger partial charge in [-0.15, -0.1) is 5.53 Å². The highest BCUT2D eigenvalue weighted by Gasteiger charge is 2.51. The van der Waals surface area contributed by atoms with E-state index < -0.39 is 12.2 Å². The summed E-state index contributed by atoms with van der Waals surface area (Å²) in [5.74, 6) is -0.0633. The fourth-order valence-corrected chi connectivity index (χ4v) is 2.65. The molecular formula is C10H17N5O4. The van der Waals surface area contributed by atoms with Gasteiger partial charge < -0.3 is 20.4 Å². The lowest BCUT2D eigenvalue weighted by Crippen LogP contribution is -2.59. The molecule has 0 aliphatic carbocycles. The molecule has 2 unspecified atom stereocenters. The normalized spacial score (nSPS) is 31.3. The molecule has 6 N–H and O–H groups in total. The third-order valence-electron chi connectivity index (χ3n) is 3.61. The quantitative estimate of drug-likeness (QED) is 0.325. The number of nitrogens with zero attached hydrogens (tertiary/aromatic N) is 3. The molecule has 0 aromatic heterocycles. The Labute approximate surface area is 109 Å². The van der Waals surface area contributed by atoms with E-state index >= 15 is 0 Å². The number of hydrogen-bond donors (Lipinski definition) is 6. The van der Waals surface area contributed by atoms with Crippen LogP contribution in [0.15, 0.2) is 16.6 Å². The molecule has 2 saturated heterocycles. The second-order valence-electron chi connectivity index (χ2n) is 4.86. The van der Waals surface area contributed by atoms with Crippen molar-refractivity contribution in [1.29, 1.82) is 0 Å². The van der Waals surface area contributed by atoms with Gasteiger partial charge in [0.15, 0.2) is 0 Å². The minimum atomic E-state index is -0.958. The Morgan fingerprint density at radius 2 is 2.16 bits per heavy atom. The van der Waals surface area contributed by atoms with Crippen molar-refractivity contribution >= 4 is 6.34 Å².